The molecule has 0 fully saturated rings. The molecule has 0 aromatic carbocycles. The van der Waals surface area contributed by atoms with Gasteiger partial charge in [-0.2, -0.15) is 0 Å². The molecule has 16 heavy (non-hydrogen) atoms. The molecule has 0 aliphatic rings. The molecule has 0 heterocycles. The summed E-state index contributed by atoms with van der Waals surface area (Å²) >= 11 is 0. The van der Waals surface area contributed by atoms with E-state index in [4.69, 9.17) is 4.74 Å². The van der Waals surface area contributed by atoms with Crippen molar-refractivity contribution < 1.29 is 9.84 Å². The largest absolute Gasteiger partial charge is 0.391 e. The van der Waals surface area contributed by atoms with Gasteiger partial charge in [-0.15, -0.1) is 0 Å². The van der Waals surface area contributed by atoms with Crippen LogP contribution in [-0.4, -0.2) is 37.5 Å². The van der Waals surface area contributed by atoms with Crippen LogP contribution in [0, 0.1) is 11.3 Å². The number of aliphatic hydroxyl groups excluding tert-OH is 1. The summed E-state index contributed by atoms with van der Waals surface area (Å²) in [6.07, 6.45) is 0.682. The predicted molar refractivity (Wildman–Crippen MR) is 68.6 cm³/mol. The third-order valence-electron chi connectivity index (χ3n) is 3.01. The van der Waals surface area contributed by atoms with Crippen molar-refractivity contribution in [2.24, 2.45) is 11.3 Å². The van der Waals surface area contributed by atoms with Crippen LogP contribution in [0.5, 0.6) is 0 Å². The average Bonchev–Trinajstić information content (AvgIpc) is 2.15. The lowest BCUT2D eigenvalue weighted by molar-refractivity contribution is 0.0569. The Morgan fingerprint density at radius 1 is 1.25 bits per heavy atom. The Balaban J connectivity index is 4.02. The highest BCUT2D eigenvalue weighted by Crippen LogP contribution is 2.18. The Hall–Kier alpha value is -0.120. The number of hydrogen-bond acceptors (Lipinski definition) is 3. The first-order valence-corrected chi connectivity index (χ1v) is 6.19. The van der Waals surface area contributed by atoms with Gasteiger partial charge in [0.25, 0.3) is 0 Å². The monoisotopic (exact) mass is 231 g/mol. The van der Waals surface area contributed by atoms with E-state index < -0.39 is 0 Å². The Bertz CT molecular complexity index is 175. The van der Waals surface area contributed by atoms with Gasteiger partial charge in [0, 0.05) is 26.3 Å². The third kappa shape index (κ3) is 6.46. The molecule has 3 heteroatoms. The molecule has 2 N–H and O–H groups in total. The van der Waals surface area contributed by atoms with Gasteiger partial charge in [0.1, 0.15) is 0 Å². The van der Waals surface area contributed by atoms with E-state index in [0.29, 0.717) is 18.5 Å². The quantitative estimate of drug-likeness (QED) is 0.704. The lowest BCUT2D eigenvalue weighted by Crippen LogP contribution is -2.43. The maximum absolute atomic E-state index is 9.95. The van der Waals surface area contributed by atoms with Crippen molar-refractivity contribution >= 4 is 0 Å². The molecule has 0 aromatic rings. The van der Waals surface area contributed by atoms with E-state index in [1.807, 2.05) is 0 Å². The maximum Gasteiger partial charge on any atom is 0.0712 e. The van der Waals surface area contributed by atoms with Crippen molar-refractivity contribution in [1.82, 2.24) is 5.32 Å². The van der Waals surface area contributed by atoms with E-state index >= 15 is 0 Å². The molecule has 98 valence electrons. The second-order valence-corrected chi connectivity index (χ2v) is 5.92. The number of nitrogens with one attached hydrogen (secondary N) is 1. The first-order chi connectivity index (χ1) is 7.29. The molecule has 0 saturated carbocycles. The topological polar surface area (TPSA) is 41.5 Å². The molecule has 0 aliphatic carbocycles. The van der Waals surface area contributed by atoms with E-state index in [2.05, 4.69) is 39.9 Å². The van der Waals surface area contributed by atoms with Crippen molar-refractivity contribution in [2.45, 2.75) is 53.2 Å². The normalized spacial score (nSPS) is 16.5. The Morgan fingerprint density at radius 3 is 2.19 bits per heavy atom. The summed E-state index contributed by atoms with van der Waals surface area (Å²) in [6.45, 7) is 12.0. The van der Waals surface area contributed by atoms with Gasteiger partial charge >= 0.3 is 0 Å². The summed E-state index contributed by atoms with van der Waals surface area (Å²) in [7, 11) is 1.72. The number of ether oxygens (including phenoxy) is 1. The van der Waals surface area contributed by atoms with Gasteiger partial charge in [0.15, 0.2) is 0 Å². The van der Waals surface area contributed by atoms with Crippen LogP contribution in [-0.2, 0) is 4.74 Å². The van der Waals surface area contributed by atoms with Crippen LogP contribution < -0.4 is 5.32 Å². The first-order valence-electron chi connectivity index (χ1n) is 6.19. The molecule has 2 unspecified atom stereocenters. The van der Waals surface area contributed by atoms with Crippen LogP contribution in [0.25, 0.3) is 0 Å². The molecule has 0 rings (SSSR count). The molecule has 0 radical (unpaired) electrons. The molecule has 0 aromatic heterocycles. The summed E-state index contributed by atoms with van der Waals surface area (Å²) < 4.78 is 5.09. The van der Waals surface area contributed by atoms with Crippen LogP contribution in [0.4, 0.5) is 0 Å². The zero-order chi connectivity index (χ0) is 12.8. The highest BCUT2D eigenvalue weighted by atomic mass is 16.5. The summed E-state index contributed by atoms with van der Waals surface area (Å²) in [5.74, 6) is 0.558. The minimum Gasteiger partial charge on any atom is -0.391 e. The lowest BCUT2D eigenvalue weighted by atomic mass is 9.88. The van der Waals surface area contributed by atoms with E-state index in [-0.39, 0.29) is 11.5 Å². The molecular weight excluding hydrogens is 202 g/mol. The van der Waals surface area contributed by atoms with Crippen molar-refractivity contribution in [2.75, 3.05) is 20.3 Å². The molecule has 0 amide bonds. The smallest absolute Gasteiger partial charge is 0.0712 e. The Labute approximate surface area is 101 Å². The fourth-order valence-electron chi connectivity index (χ4n) is 1.49. The van der Waals surface area contributed by atoms with E-state index in [1.54, 1.807) is 7.11 Å². The highest BCUT2D eigenvalue weighted by molar-refractivity contribution is 4.78. The van der Waals surface area contributed by atoms with Gasteiger partial charge in [-0.1, -0.05) is 34.6 Å². The molecule has 0 saturated heterocycles. The second-order valence-electron chi connectivity index (χ2n) is 5.92. The van der Waals surface area contributed by atoms with Gasteiger partial charge in [0.05, 0.1) is 6.10 Å². The van der Waals surface area contributed by atoms with Crippen LogP contribution in [0.3, 0.4) is 0 Å². The number of methoxy groups -OCH3 is 1. The molecule has 0 bridgehead atoms. The zero-order valence-electron chi connectivity index (χ0n) is 11.7. The number of rotatable bonds is 7. The molecular formula is C13H29NO2. The summed E-state index contributed by atoms with van der Waals surface area (Å²) in [6, 6.07) is 0.414. The van der Waals surface area contributed by atoms with Crippen LogP contribution in [0.15, 0.2) is 0 Å². The van der Waals surface area contributed by atoms with Crippen molar-refractivity contribution in [3.05, 3.63) is 0 Å². The SMILES string of the molecule is COCCC(NCC(O)C(C)(C)C)C(C)C. The maximum atomic E-state index is 9.95. The van der Waals surface area contributed by atoms with Crippen LogP contribution in [0.1, 0.15) is 41.0 Å². The average molecular weight is 231 g/mol. The fourth-order valence-corrected chi connectivity index (χ4v) is 1.49. The number of aliphatic hydroxyl groups is 1. The first kappa shape index (κ1) is 15.9. The predicted octanol–water partition coefficient (Wildman–Crippen LogP) is 2.04. The van der Waals surface area contributed by atoms with Gasteiger partial charge in [-0.25, -0.2) is 0 Å². The summed E-state index contributed by atoms with van der Waals surface area (Å²) in [4.78, 5) is 0. The molecule has 3 nitrogen and oxygen atoms in total. The van der Waals surface area contributed by atoms with Gasteiger partial charge in [-0.05, 0) is 17.8 Å². The van der Waals surface area contributed by atoms with E-state index in [0.717, 1.165) is 13.0 Å². The molecule has 0 aliphatic heterocycles. The van der Waals surface area contributed by atoms with Crippen molar-refractivity contribution in [3.8, 4) is 0 Å². The second kappa shape index (κ2) is 7.25. The van der Waals surface area contributed by atoms with Crippen molar-refractivity contribution in [3.63, 3.8) is 0 Å². The highest BCUT2D eigenvalue weighted by Gasteiger charge is 2.23. The van der Waals surface area contributed by atoms with E-state index in [1.165, 1.54) is 0 Å². The minimum atomic E-state index is -0.309. The zero-order valence-corrected chi connectivity index (χ0v) is 11.7. The number of hydrogen-bond donors (Lipinski definition) is 2. The molecule has 0 spiro atoms. The lowest BCUT2D eigenvalue weighted by Gasteiger charge is -2.29. The summed E-state index contributed by atoms with van der Waals surface area (Å²) in [5.41, 5.74) is -0.0597. The van der Waals surface area contributed by atoms with Gasteiger partial charge in [-0.3, -0.25) is 0 Å². The standard InChI is InChI=1S/C13H29NO2/c1-10(2)11(7-8-16-6)14-9-12(15)13(3,4)5/h10-12,14-15H,7-9H2,1-6H3. The Morgan fingerprint density at radius 2 is 1.81 bits per heavy atom. The van der Waals surface area contributed by atoms with Crippen LogP contribution >= 0.6 is 0 Å². The summed E-state index contributed by atoms with van der Waals surface area (Å²) in [5, 5.41) is 13.4. The van der Waals surface area contributed by atoms with E-state index in [9.17, 15) is 5.11 Å². The van der Waals surface area contributed by atoms with Gasteiger partial charge < -0.3 is 15.2 Å². The van der Waals surface area contributed by atoms with Crippen molar-refractivity contribution in [1.29, 1.82) is 0 Å². The molecule has 2 atom stereocenters. The van der Waals surface area contributed by atoms with Crippen LogP contribution in [0.2, 0.25) is 0 Å². The third-order valence-corrected chi connectivity index (χ3v) is 3.01. The minimum absolute atomic E-state index is 0.0597. The Kier molecular flexibility index (Phi) is 7.20. The van der Waals surface area contributed by atoms with Gasteiger partial charge in [0.2, 0.25) is 0 Å². The fraction of sp³-hybridized carbons (Fsp3) is 1.00.